The van der Waals surface area contributed by atoms with Gasteiger partial charge in [-0.25, -0.2) is 0 Å². The van der Waals surface area contributed by atoms with Crippen LogP contribution in [0, 0.1) is 0 Å². The molecule has 19 heavy (non-hydrogen) atoms. The number of ether oxygens (including phenoxy) is 1. The molecule has 1 aliphatic rings. The van der Waals surface area contributed by atoms with E-state index in [0.29, 0.717) is 17.5 Å². The van der Waals surface area contributed by atoms with Gasteiger partial charge in [0.05, 0.1) is 24.8 Å². The quantitative estimate of drug-likeness (QED) is 0.795. The van der Waals surface area contributed by atoms with E-state index in [1.807, 2.05) is 30.5 Å². The van der Waals surface area contributed by atoms with Crippen LogP contribution in [0.5, 0.6) is 0 Å². The molecule has 1 saturated heterocycles. The van der Waals surface area contributed by atoms with Crippen LogP contribution in [0.25, 0.3) is 10.9 Å². The molecule has 0 spiro atoms. The highest BCUT2D eigenvalue weighted by Crippen LogP contribution is 2.29. The zero-order chi connectivity index (χ0) is 13.2. The Kier molecular flexibility index (Phi) is 3.78. The summed E-state index contributed by atoms with van der Waals surface area (Å²) >= 11 is 12.1. The van der Waals surface area contributed by atoms with E-state index in [-0.39, 0.29) is 6.04 Å². The second kappa shape index (κ2) is 5.53. The number of aromatic nitrogens is 1. The molecule has 2 heterocycles. The van der Waals surface area contributed by atoms with Crippen molar-refractivity contribution >= 4 is 39.8 Å². The predicted octanol–water partition coefficient (Wildman–Crippen LogP) is 3.33. The number of pyridine rings is 1. The summed E-state index contributed by atoms with van der Waals surface area (Å²) in [7, 11) is 0. The summed E-state index contributed by atoms with van der Waals surface area (Å²) in [6.45, 7) is 2.24. The number of hydrogen-bond donors (Lipinski definition) is 0. The molecule has 5 heteroatoms. The number of nitrogens with zero attached hydrogens (tertiary/aromatic N) is 2. The molecule has 0 radical (unpaired) electrons. The minimum Gasteiger partial charge on any atom is -0.377 e. The Morgan fingerprint density at radius 2 is 2.26 bits per heavy atom. The first-order valence-corrected chi connectivity index (χ1v) is 7.15. The molecule has 0 amide bonds. The lowest BCUT2D eigenvalue weighted by Gasteiger charge is -2.36. The van der Waals surface area contributed by atoms with E-state index < -0.39 is 0 Å². The van der Waals surface area contributed by atoms with E-state index in [1.54, 1.807) is 0 Å². The van der Waals surface area contributed by atoms with Crippen molar-refractivity contribution in [1.82, 2.24) is 4.98 Å². The number of morpholine rings is 1. The van der Waals surface area contributed by atoms with Gasteiger partial charge < -0.3 is 9.64 Å². The van der Waals surface area contributed by atoms with Crippen LogP contribution in [-0.2, 0) is 4.74 Å². The maximum Gasteiger partial charge on any atom is 0.0737 e. The van der Waals surface area contributed by atoms with Gasteiger partial charge in [-0.1, -0.05) is 11.6 Å². The molecule has 1 aromatic carbocycles. The number of rotatable bonds is 2. The van der Waals surface area contributed by atoms with E-state index >= 15 is 0 Å². The fourth-order valence-electron chi connectivity index (χ4n) is 2.46. The standard InChI is InChI=1S/C14H14Cl2N2O/c15-8-11-9-19-6-5-18(11)14-3-4-17-13-7-10(16)1-2-12(13)14/h1-4,7,11H,5-6,8-9H2. The van der Waals surface area contributed by atoms with E-state index in [0.717, 1.165) is 29.7 Å². The van der Waals surface area contributed by atoms with Gasteiger partial charge in [0.2, 0.25) is 0 Å². The average molecular weight is 297 g/mol. The Hall–Kier alpha value is -1.03. The maximum absolute atomic E-state index is 6.04. The normalized spacial score (nSPS) is 19.9. The molecular weight excluding hydrogens is 283 g/mol. The summed E-state index contributed by atoms with van der Waals surface area (Å²) in [6, 6.07) is 8.03. The van der Waals surface area contributed by atoms with Crippen molar-refractivity contribution in [3.63, 3.8) is 0 Å². The van der Waals surface area contributed by atoms with Crippen LogP contribution in [0.15, 0.2) is 30.5 Å². The third kappa shape index (κ3) is 2.50. The largest absolute Gasteiger partial charge is 0.377 e. The highest BCUT2D eigenvalue weighted by atomic mass is 35.5. The van der Waals surface area contributed by atoms with Crippen molar-refractivity contribution in [2.75, 3.05) is 30.5 Å². The Bertz CT molecular complexity index is 591. The zero-order valence-corrected chi connectivity index (χ0v) is 11.9. The maximum atomic E-state index is 6.04. The van der Waals surface area contributed by atoms with Crippen LogP contribution >= 0.6 is 23.2 Å². The fourth-order valence-corrected chi connectivity index (χ4v) is 2.88. The summed E-state index contributed by atoms with van der Waals surface area (Å²) in [4.78, 5) is 6.67. The van der Waals surface area contributed by atoms with E-state index in [2.05, 4.69) is 9.88 Å². The van der Waals surface area contributed by atoms with Gasteiger partial charge in [0, 0.05) is 34.7 Å². The number of benzene rings is 1. The number of fused-ring (bicyclic) bond motifs is 1. The first-order valence-electron chi connectivity index (χ1n) is 6.24. The number of hydrogen-bond acceptors (Lipinski definition) is 3. The van der Waals surface area contributed by atoms with Gasteiger partial charge in [-0.15, -0.1) is 11.6 Å². The third-order valence-corrected chi connectivity index (χ3v) is 3.99. The van der Waals surface area contributed by atoms with Crippen molar-refractivity contribution < 1.29 is 4.74 Å². The molecule has 3 rings (SSSR count). The SMILES string of the molecule is ClCC1COCCN1c1ccnc2cc(Cl)ccc12. The summed E-state index contributed by atoms with van der Waals surface area (Å²) in [6.07, 6.45) is 1.81. The second-order valence-corrected chi connectivity index (χ2v) is 5.31. The fraction of sp³-hybridized carbons (Fsp3) is 0.357. The Morgan fingerprint density at radius 3 is 3.11 bits per heavy atom. The average Bonchev–Trinajstić information content (AvgIpc) is 2.46. The first-order chi connectivity index (χ1) is 9.29. The van der Waals surface area contributed by atoms with E-state index in [4.69, 9.17) is 27.9 Å². The van der Waals surface area contributed by atoms with Crippen molar-refractivity contribution in [2.45, 2.75) is 6.04 Å². The number of alkyl halides is 1. The lowest BCUT2D eigenvalue weighted by Crippen LogP contribution is -2.46. The summed E-state index contributed by atoms with van der Waals surface area (Å²) in [5, 5.41) is 1.80. The molecule has 0 N–H and O–H groups in total. The van der Waals surface area contributed by atoms with Gasteiger partial charge in [-0.2, -0.15) is 0 Å². The minimum absolute atomic E-state index is 0.205. The molecule has 1 aromatic heterocycles. The van der Waals surface area contributed by atoms with Crippen molar-refractivity contribution in [1.29, 1.82) is 0 Å². The highest BCUT2D eigenvalue weighted by Gasteiger charge is 2.23. The molecule has 1 fully saturated rings. The molecule has 1 atom stereocenters. The van der Waals surface area contributed by atoms with Gasteiger partial charge in [0.1, 0.15) is 0 Å². The lowest BCUT2D eigenvalue weighted by atomic mass is 10.1. The smallest absolute Gasteiger partial charge is 0.0737 e. The summed E-state index contributed by atoms with van der Waals surface area (Å²) in [5.41, 5.74) is 2.06. The molecule has 100 valence electrons. The Labute approximate surface area is 122 Å². The van der Waals surface area contributed by atoms with Crippen LogP contribution < -0.4 is 4.90 Å². The topological polar surface area (TPSA) is 25.4 Å². The Morgan fingerprint density at radius 1 is 1.37 bits per heavy atom. The van der Waals surface area contributed by atoms with Crippen LogP contribution in [0.1, 0.15) is 0 Å². The summed E-state index contributed by atoms with van der Waals surface area (Å²) in [5.74, 6) is 0.553. The van der Waals surface area contributed by atoms with Gasteiger partial charge in [0.25, 0.3) is 0 Å². The van der Waals surface area contributed by atoms with E-state index in [1.165, 1.54) is 0 Å². The monoisotopic (exact) mass is 296 g/mol. The molecule has 1 aliphatic heterocycles. The first kappa shape index (κ1) is 13.0. The number of anilines is 1. The molecule has 0 saturated carbocycles. The van der Waals surface area contributed by atoms with Crippen LogP contribution in [0.4, 0.5) is 5.69 Å². The second-order valence-electron chi connectivity index (χ2n) is 4.57. The van der Waals surface area contributed by atoms with Crippen molar-refractivity contribution in [3.05, 3.63) is 35.5 Å². The van der Waals surface area contributed by atoms with Gasteiger partial charge in [0.15, 0.2) is 0 Å². The molecule has 0 aliphatic carbocycles. The molecular formula is C14H14Cl2N2O. The third-order valence-electron chi connectivity index (χ3n) is 3.40. The number of halogens is 2. The summed E-state index contributed by atoms with van der Waals surface area (Å²) < 4.78 is 5.49. The lowest BCUT2D eigenvalue weighted by molar-refractivity contribution is 0.0999. The van der Waals surface area contributed by atoms with Crippen LogP contribution in [0.2, 0.25) is 5.02 Å². The molecule has 0 bridgehead atoms. The minimum atomic E-state index is 0.205. The van der Waals surface area contributed by atoms with Crippen molar-refractivity contribution in [3.8, 4) is 0 Å². The zero-order valence-electron chi connectivity index (χ0n) is 10.4. The van der Waals surface area contributed by atoms with Crippen molar-refractivity contribution in [2.24, 2.45) is 0 Å². The van der Waals surface area contributed by atoms with Crippen LogP contribution in [0.3, 0.4) is 0 Å². The molecule has 2 aromatic rings. The predicted molar refractivity (Wildman–Crippen MR) is 79.4 cm³/mol. The van der Waals surface area contributed by atoms with E-state index in [9.17, 15) is 0 Å². The Balaban J connectivity index is 2.08. The molecule has 1 unspecified atom stereocenters. The van der Waals surface area contributed by atoms with Crippen LogP contribution in [-0.4, -0.2) is 36.7 Å². The van der Waals surface area contributed by atoms with Gasteiger partial charge in [-0.05, 0) is 24.3 Å². The van der Waals surface area contributed by atoms with Gasteiger partial charge in [-0.3, -0.25) is 4.98 Å². The highest BCUT2D eigenvalue weighted by molar-refractivity contribution is 6.31. The van der Waals surface area contributed by atoms with Gasteiger partial charge >= 0.3 is 0 Å². The molecule has 3 nitrogen and oxygen atoms in total.